The minimum Gasteiger partial charge on any atom is -0.496 e. The van der Waals surface area contributed by atoms with Crippen LogP contribution in [0.1, 0.15) is 43.0 Å². The number of alkyl halides is 1. The molecule has 0 aliphatic carbocycles. The molecule has 0 radical (unpaired) electrons. The Morgan fingerprint density at radius 1 is 1.16 bits per heavy atom. The molecule has 1 aromatic rings. The minimum absolute atomic E-state index is 0.430. The van der Waals surface area contributed by atoms with Gasteiger partial charge in [-0.25, -0.2) is 4.39 Å². The second kappa shape index (κ2) is 6.24. The van der Waals surface area contributed by atoms with E-state index in [4.69, 9.17) is 9.47 Å². The van der Waals surface area contributed by atoms with E-state index in [1.165, 1.54) is 6.92 Å². The van der Waals surface area contributed by atoms with Gasteiger partial charge in [0.05, 0.1) is 14.2 Å². The van der Waals surface area contributed by atoms with E-state index in [0.717, 1.165) is 37.2 Å². The number of ether oxygens (including phenoxy) is 2. The van der Waals surface area contributed by atoms with Gasteiger partial charge in [-0.3, -0.25) is 0 Å². The van der Waals surface area contributed by atoms with Crippen molar-refractivity contribution >= 4 is 0 Å². The molecule has 19 heavy (non-hydrogen) atoms. The summed E-state index contributed by atoms with van der Waals surface area (Å²) >= 11 is 0. The van der Waals surface area contributed by atoms with Crippen molar-refractivity contribution in [2.75, 3.05) is 27.3 Å². The highest BCUT2D eigenvalue weighted by Crippen LogP contribution is 2.39. The Kier molecular flexibility index (Phi) is 4.64. The van der Waals surface area contributed by atoms with E-state index in [2.05, 4.69) is 5.32 Å². The van der Waals surface area contributed by atoms with Gasteiger partial charge in [-0.15, -0.1) is 0 Å². The van der Waals surface area contributed by atoms with Crippen LogP contribution < -0.4 is 14.8 Å². The van der Waals surface area contributed by atoms with E-state index >= 15 is 0 Å². The molecule has 1 atom stereocenters. The molecule has 1 aliphatic rings. The number of piperidine rings is 1. The molecule has 0 amide bonds. The number of benzene rings is 1. The molecule has 1 heterocycles. The van der Waals surface area contributed by atoms with Crippen LogP contribution in [0, 0.1) is 0 Å². The predicted octanol–water partition coefficient (Wildman–Crippen LogP) is 3.20. The van der Waals surface area contributed by atoms with Crippen molar-refractivity contribution < 1.29 is 13.9 Å². The number of hydrogen-bond donors (Lipinski definition) is 1. The standard InChI is InChI=1S/C15H22FNO2/c1-10(16)12-8-13(11-4-6-17-7-5-11)15(19-3)9-14(12)18-2/h8-11,17H,4-7H2,1-3H3. The maximum absolute atomic E-state index is 13.7. The molecule has 1 aromatic carbocycles. The predicted molar refractivity (Wildman–Crippen MR) is 73.9 cm³/mol. The number of rotatable bonds is 4. The van der Waals surface area contributed by atoms with Gasteiger partial charge < -0.3 is 14.8 Å². The van der Waals surface area contributed by atoms with Crippen molar-refractivity contribution in [3.63, 3.8) is 0 Å². The third-order valence-electron chi connectivity index (χ3n) is 3.79. The van der Waals surface area contributed by atoms with E-state index in [1.807, 2.05) is 12.1 Å². The van der Waals surface area contributed by atoms with Gasteiger partial charge in [-0.2, -0.15) is 0 Å². The molecule has 0 bridgehead atoms. The fraction of sp³-hybridized carbons (Fsp3) is 0.600. The molecule has 1 fully saturated rings. The van der Waals surface area contributed by atoms with Gasteiger partial charge in [0.1, 0.15) is 17.7 Å². The summed E-state index contributed by atoms with van der Waals surface area (Å²) in [6.45, 7) is 3.54. The molecular weight excluding hydrogens is 245 g/mol. The van der Waals surface area contributed by atoms with Gasteiger partial charge in [-0.1, -0.05) is 0 Å². The van der Waals surface area contributed by atoms with Crippen LogP contribution in [0.2, 0.25) is 0 Å². The molecule has 1 N–H and O–H groups in total. The van der Waals surface area contributed by atoms with Crippen LogP contribution >= 0.6 is 0 Å². The van der Waals surface area contributed by atoms with Crippen LogP contribution in [-0.2, 0) is 0 Å². The van der Waals surface area contributed by atoms with Crippen molar-refractivity contribution in [3.8, 4) is 11.5 Å². The van der Waals surface area contributed by atoms with E-state index in [-0.39, 0.29) is 0 Å². The Balaban J connectivity index is 2.42. The Hall–Kier alpha value is -1.29. The molecule has 1 saturated heterocycles. The molecular formula is C15H22FNO2. The average Bonchev–Trinajstić information content (AvgIpc) is 2.46. The lowest BCUT2D eigenvalue weighted by Gasteiger charge is -2.26. The lowest BCUT2D eigenvalue weighted by molar-refractivity contribution is 0.339. The summed E-state index contributed by atoms with van der Waals surface area (Å²) < 4.78 is 24.4. The van der Waals surface area contributed by atoms with E-state index in [0.29, 0.717) is 17.2 Å². The van der Waals surface area contributed by atoms with Crippen LogP contribution in [0.3, 0.4) is 0 Å². The zero-order chi connectivity index (χ0) is 13.8. The SMILES string of the molecule is COc1cc(OC)c(C2CCNCC2)cc1C(C)F. The van der Waals surface area contributed by atoms with Crippen molar-refractivity contribution in [1.29, 1.82) is 0 Å². The first-order valence-corrected chi connectivity index (χ1v) is 6.78. The molecule has 4 heteroatoms. The quantitative estimate of drug-likeness (QED) is 0.908. The van der Waals surface area contributed by atoms with Crippen LogP contribution in [0.4, 0.5) is 4.39 Å². The summed E-state index contributed by atoms with van der Waals surface area (Å²) in [6, 6.07) is 3.72. The van der Waals surface area contributed by atoms with Crippen molar-refractivity contribution in [1.82, 2.24) is 5.32 Å². The topological polar surface area (TPSA) is 30.5 Å². The first-order chi connectivity index (χ1) is 9.17. The second-order valence-electron chi connectivity index (χ2n) is 4.98. The number of hydrogen-bond acceptors (Lipinski definition) is 3. The van der Waals surface area contributed by atoms with Gasteiger partial charge in [0.25, 0.3) is 0 Å². The molecule has 2 rings (SSSR count). The molecule has 0 saturated carbocycles. The normalized spacial score (nSPS) is 18.1. The highest BCUT2D eigenvalue weighted by molar-refractivity contribution is 5.49. The Labute approximate surface area is 114 Å². The zero-order valence-corrected chi connectivity index (χ0v) is 11.8. The van der Waals surface area contributed by atoms with Crippen molar-refractivity contribution in [2.24, 2.45) is 0 Å². The molecule has 1 aliphatic heterocycles. The minimum atomic E-state index is -1.04. The molecule has 106 valence electrons. The summed E-state index contributed by atoms with van der Waals surface area (Å²) in [7, 11) is 3.21. The highest BCUT2D eigenvalue weighted by Gasteiger charge is 2.22. The summed E-state index contributed by atoms with van der Waals surface area (Å²) in [4.78, 5) is 0. The first-order valence-electron chi connectivity index (χ1n) is 6.78. The summed E-state index contributed by atoms with van der Waals surface area (Å²) in [6.07, 6.45) is 1.08. The molecule has 3 nitrogen and oxygen atoms in total. The maximum atomic E-state index is 13.7. The van der Waals surface area contributed by atoms with Crippen molar-refractivity contribution in [3.05, 3.63) is 23.3 Å². The summed E-state index contributed by atoms with van der Waals surface area (Å²) in [5.74, 6) is 1.79. The third kappa shape index (κ3) is 3.00. The highest BCUT2D eigenvalue weighted by atomic mass is 19.1. The smallest absolute Gasteiger partial charge is 0.128 e. The van der Waals surface area contributed by atoms with Crippen LogP contribution in [0.5, 0.6) is 11.5 Å². The number of nitrogens with one attached hydrogen (secondary N) is 1. The average molecular weight is 267 g/mol. The zero-order valence-electron chi connectivity index (χ0n) is 11.8. The second-order valence-corrected chi connectivity index (χ2v) is 4.98. The largest absolute Gasteiger partial charge is 0.496 e. The Morgan fingerprint density at radius 2 is 1.79 bits per heavy atom. The van der Waals surface area contributed by atoms with Gasteiger partial charge in [0, 0.05) is 11.6 Å². The molecule has 0 spiro atoms. The maximum Gasteiger partial charge on any atom is 0.128 e. The van der Waals surface area contributed by atoms with E-state index < -0.39 is 6.17 Å². The van der Waals surface area contributed by atoms with Gasteiger partial charge in [-0.05, 0) is 50.4 Å². The van der Waals surface area contributed by atoms with Crippen LogP contribution in [0.25, 0.3) is 0 Å². The van der Waals surface area contributed by atoms with Crippen molar-refractivity contribution in [2.45, 2.75) is 31.9 Å². The summed E-state index contributed by atoms with van der Waals surface area (Å²) in [5, 5.41) is 3.34. The number of halogens is 1. The molecule has 1 unspecified atom stereocenters. The lowest BCUT2D eigenvalue weighted by Crippen LogP contribution is -2.26. The third-order valence-corrected chi connectivity index (χ3v) is 3.79. The Bertz CT molecular complexity index is 428. The lowest BCUT2D eigenvalue weighted by atomic mass is 9.88. The van der Waals surface area contributed by atoms with E-state index in [1.54, 1.807) is 14.2 Å². The fourth-order valence-electron chi connectivity index (χ4n) is 2.71. The van der Waals surface area contributed by atoms with E-state index in [9.17, 15) is 4.39 Å². The van der Waals surface area contributed by atoms with Crippen LogP contribution in [0.15, 0.2) is 12.1 Å². The van der Waals surface area contributed by atoms with Gasteiger partial charge >= 0.3 is 0 Å². The first kappa shape index (κ1) is 14.1. The van der Waals surface area contributed by atoms with Gasteiger partial charge in [0.2, 0.25) is 0 Å². The van der Waals surface area contributed by atoms with Gasteiger partial charge in [0.15, 0.2) is 0 Å². The number of methoxy groups -OCH3 is 2. The fourth-order valence-corrected chi connectivity index (χ4v) is 2.71. The Morgan fingerprint density at radius 3 is 2.32 bits per heavy atom. The monoisotopic (exact) mass is 267 g/mol. The van der Waals surface area contributed by atoms with Crippen LogP contribution in [-0.4, -0.2) is 27.3 Å². The summed E-state index contributed by atoms with van der Waals surface area (Å²) in [5.41, 5.74) is 1.71. The molecule has 0 aromatic heterocycles.